The van der Waals surface area contributed by atoms with Crippen LogP contribution in [0.1, 0.15) is 74.2 Å². The van der Waals surface area contributed by atoms with E-state index in [2.05, 4.69) is 106 Å². The van der Waals surface area contributed by atoms with Gasteiger partial charge < -0.3 is 28.4 Å². The molecule has 0 N–H and O–H groups in total. The van der Waals surface area contributed by atoms with Crippen LogP contribution in [0.5, 0.6) is 11.5 Å². The molecule has 0 atom stereocenters. The predicted molar refractivity (Wildman–Crippen MR) is 211 cm³/mol. The van der Waals surface area contributed by atoms with E-state index in [0.29, 0.717) is 52.9 Å². The van der Waals surface area contributed by atoms with Gasteiger partial charge in [-0.1, -0.05) is 47.6 Å². The van der Waals surface area contributed by atoms with Gasteiger partial charge in [-0.2, -0.15) is 0 Å². The van der Waals surface area contributed by atoms with Gasteiger partial charge in [-0.25, -0.2) is 0 Å². The minimum atomic E-state index is -0.0523. The van der Waals surface area contributed by atoms with Gasteiger partial charge in [0.05, 0.1) is 39.6 Å². The molecule has 6 nitrogen and oxygen atoms in total. The van der Waals surface area contributed by atoms with E-state index in [1.54, 1.807) is 14.2 Å². The first-order valence-corrected chi connectivity index (χ1v) is 19.2. The SMILES string of the molecule is COCCOCCOc1ccc(-c2sc(-c3sc(C(C)(C)C)c(C)c3C)c(C)c2C)cc1-c1cc(C(C)(C)C)ccc1OCCOCCOC. The molecule has 0 saturated heterocycles. The molecule has 2 aromatic heterocycles. The van der Waals surface area contributed by atoms with Gasteiger partial charge in [0.2, 0.25) is 0 Å². The third kappa shape index (κ3) is 9.78. The normalized spacial score (nSPS) is 12.2. The Labute approximate surface area is 309 Å². The fraction of sp³-hybridized carbons (Fsp3) is 0.524. The zero-order chi connectivity index (χ0) is 36.6. The summed E-state index contributed by atoms with van der Waals surface area (Å²) in [5.74, 6) is 1.59. The number of benzene rings is 2. The molecule has 4 aromatic rings. The van der Waals surface area contributed by atoms with Crippen LogP contribution >= 0.6 is 22.7 Å². The molecule has 274 valence electrons. The van der Waals surface area contributed by atoms with Crippen LogP contribution in [-0.2, 0) is 29.8 Å². The van der Waals surface area contributed by atoms with Crippen molar-refractivity contribution in [2.45, 2.75) is 80.1 Å². The van der Waals surface area contributed by atoms with Crippen LogP contribution in [0, 0.1) is 27.7 Å². The van der Waals surface area contributed by atoms with E-state index in [1.165, 1.54) is 47.3 Å². The van der Waals surface area contributed by atoms with Crippen molar-refractivity contribution in [1.29, 1.82) is 0 Å². The Morgan fingerprint density at radius 3 is 1.50 bits per heavy atom. The standard InChI is InChI=1S/C42H58O6S2/c1-27-28(2)38(39-29(3)30(4)40(50-39)42(8,9)10)49-37(27)31-13-15-35(47-23-21-45-19-17-43-11)33(25-31)34-26-32(41(5,6)7)14-16-36(34)48-24-22-46-20-18-44-12/h13-16,25-26H,17-24H2,1-12H3. The first-order chi connectivity index (χ1) is 23.7. The van der Waals surface area contributed by atoms with Gasteiger partial charge in [-0.3, -0.25) is 0 Å². The van der Waals surface area contributed by atoms with E-state index >= 15 is 0 Å². The summed E-state index contributed by atoms with van der Waals surface area (Å²) in [7, 11) is 3.35. The van der Waals surface area contributed by atoms with E-state index in [0.717, 1.165) is 28.2 Å². The van der Waals surface area contributed by atoms with Gasteiger partial charge in [0, 0.05) is 44.9 Å². The monoisotopic (exact) mass is 722 g/mol. The Morgan fingerprint density at radius 1 is 0.500 bits per heavy atom. The Bertz CT molecular complexity index is 1700. The summed E-state index contributed by atoms with van der Waals surface area (Å²) in [5.41, 5.74) is 9.89. The lowest BCUT2D eigenvalue weighted by molar-refractivity contribution is 0.0542. The molecule has 2 heterocycles. The van der Waals surface area contributed by atoms with Crippen LogP contribution in [0.15, 0.2) is 36.4 Å². The van der Waals surface area contributed by atoms with Crippen LogP contribution in [-0.4, -0.2) is 67.1 Å². The third-order valence-corrected chi connectivity index (χ3v) is 12.4. The van der Waals surface area contributed by atoms with Crippen molar-refractivity contribution in [3.63, 3.8) is 0 Å². The summed E-state index contributed by atoms with van der Waals surface area (Å²) in [6, 6.07) is 13.1. The zero-order valence-electron chi connectivity index (χ0n) is 32.4. The molecule has 4 rings (SSSR count). The summed E-state index contributed by atoms with van der Waals surface area (Å²) in [6.07, 6.45) is 0. The van der Waals surface area contributed by atoms with Crippen LogP contribution in [0.4, 0.5) is 0 Å². The molecule has 0 aliphatic rings. The summed E-state index contributed by atoms with van der Waals surface area (Å²) in [4.78, 5) is 5.49. The highest BCUT2D eigenvalue weighted by molar-refractivity contribution is 7.24. The molecule has 0 aliphatic heterocycles. The number of hydrogen-bond donors (Lipinski definition) is 0. The zero-order valence-corrected chi connectivity index (χ0v) is 34.0. The number of thiophene rings is 2. The number of methoxy groups -OCH3 is 2. The Hall–Kier alpha value is -2.72. The highest BCUT2D eigenvalue weighted by atomic mass is 32.1. The van der Waals surface area contributed by atoms with Crippen molar-refractivity contribution in [2.24, 2.45) is 0 Å². The maximum atomic E-state index is 6.45. The summed E-state index contributed by atoms with van der Waals surface area (Å²) < 4.78 is 34.6. The molecular weight excluding hydrogens is 665 g/mol. The van der Waals surface area contributed by atoms with Gasteiger partial charge in [-0.05, 0) is 102 Å². The number of hydrogen-bond acceptors (Lipinski definition) is 8. The van der Waals surface area contributed by atoms with E-state index in [1.807, 2.05) is 22.7 Å². The van der Waals surface area contributed by atoms with Crippen molar-refractivity contribution < 1.29 is 28.4 Å². The second kappa shape index (κ2) is 17.7. The first-order valence-electron chi connectivity index (χ1n) is 17.6. The third-order valence-electron chi connectivity index (χ3n) is 8.99. The van der Waals surface area contributed by atoms with Crippen molar-refractivity contribution in [3.05, 3.63) is 69.1 Å². The molecule has 50 heavy (non-hydrogen) atoms. The minimum Gasteiger partial charge on any atom is -0.491 e. The molecule has 0 fully saturated rings. The van der Waals surface area contributed by atoms with Gasteiger partial charge in [0.15, 0.2) is 0 Å². The van der Waals surface area contributed by atoms with E-state index in [-0.39, 0.29) is 10.8 Å². The van der Waals surface area contributed by atoms with Gasteiger partial charge >= 0.3 is 0 Å². The smallest absolute Gasteiger partial charge is 0.127 e. The van der Waals surface area contributed by atoms with E-state index < -0.39 is 0 Å². The molecule has 0 unspecified atom stereocenters. The molecular formula is C42H58O6S2. The molecule has 0 amide bonds. The summed E-state index contributed by atoms with van der Waals surface area (Å²) in [6.45, 7) is 26.7. The first kappa shape index (κ1) is 40.1. The number of rotatable bonds is 17. The van der Waals surface area contributed by atoms with E-state index in [9.17, 15) is 0 Å². The topological polar surface area (TPSA) is 55.4 Å². The van der Waals surface area contributed by atoms with Crippen molar-refractivity contribution in [2.75, 3.05) is 67.1 Å². The molecule has 0 radical (unpaired) electrons. The second-order valence-corrected chi connectivity index (χ2v) is 16.9. The van der Waals surface area contributed by atoms with E-state index in [4.69, 9.17) is 28.4 Å². The Kier molecular flexibility index (Phi) is 14.2. The largest absolute Gasteiger partial charge is 0.491 e. The Morgan fingerprint density at radius 2 is 0.980 bits per heavy atom. The highest BCUT2D eigenvalue weighted by Crippen LogP contribution is 2.50. The van der Waals surface area contributed by atoms with Crippen LogP contribution in [0.3, 0.4) is 0 Å². The fourth-order valence-electron chi connectivity index (χ4n) is 5.87. The van der Waals surface area contributed by atoms with Crippen LogP contribution in [0.25, 0.3) is 31.3 Å². The summed E-state index contributed by atoms with van der Waals surface area (Å²) in [5, 5.41) is 0. The van der Waals surface area contributed by atoms with Gasteiger partial charge in [0.25, 0.3) is 0 Å². The Balaban J connectivity index is 1.81. The van der Waals surface area contributed by atoms with Crippen molar-refractivity contribution in [1.82, 2.24) is 0 Å². The average Bonchev–Trinajstić information content (AvgIpc) is 3.53. The van der Waals surface area contributed by atoms with Crippen molar-refractivity contribution in [3.8, 4) is 42.8 Å². The van der Waals surface area contributed by atoms with Crippen molar-refractivity contribution >= 4 is 22.7 Å². The second-order valence-electron chi connectivity index (χ2n) is 14.8. The van der Waals surface area contributed by atoms with Gasteiger partial charge in [0.1, 0.15) is 24.7 Å². The quantitative estimate of drug-likeness (QED) is 0.101. The lowest BCUT2D eigenvalue weighted by Crippen LogP contribution is -2.13. The molecule has 0 aliphatic carbocycles. The van der Waals surface area contributed by atoms with Crippen LogP contribution in [0.2, 0.25) is 0 Å². The molecule has 0 spiro atoms. The molecule has 2 aromatic carbocycles. The molecule has 0 saturated carbocycles. The maximum absolute atomic E-state index is 6.45. The highest BCUT2D eigenvalue weighted by Gasteiger charge is 2.26. The molecule has 0 bridgehead atoms. The number of ether oxygens (including phenoxy) is 6. The maximum Gasteiger partial charge on any atom is 0.127 e. The van der Waals surface area contributed by atoms with Gasteiger partial charge in [-0.15, -0.1) is 22.7 Å². The summed E-state index contributed by atoms with van der Waals surface area (Å²) >= 11 is 3.85. The lowest BCUT2D eigenvalue weighted by Gasteiger charge is -2.23. The molecule has 8 heteroatoms. The average molecular weight is 723 g/mol. The van der Waals surface area contributed by atoms with Crippen LogP contribution < -0.4 is 9.47 Å². The predicted octanol–water partition coefficient (Wildman–Crippen LogP) is 10.7. The minimum absolute atomic E-state index is 0.0523. The fourth-order valence-corrected chi connectivity index (χ4v) is 8.79. The lowest BCUT2D eigenvalue weighted by atomic mass is 9.85.